The van der Waals surface area contributed by atoms with Gasteiger partial charge < -0.3 is 9.67 Å². The normalized spacial score (nSPS) is 11.3. The molecule has 2 rings (SSSR count). The van der Waals surface area contributed by atoms with Gasteiger partial charge in [-0.25, -0.2) is 18.2 Å². The maximum atomic E-state index is 12.2. The van der Waals surface area contributed by atoms with Crippen LogP contribution in [0.5, 0.6) is 0 Å². The molecular weight excluding hydrogens is 318 g/mol. The minimum Gasteiger partial charge on any atom is -0.477 e. The van der Waals surface area contributed by atoms with E-state index in [1.807, 2.05) is 0 Å². The third kappa shape index (κ3) is 3.34. The number of hydrogen-bond donors (Lipinski definition) is 2. The summed E-state index contributed by atoms with van der Waals surface area (Å²) in [6, 6.07) is 4.01. The molecule has 0 fully saturated rings. The molecule has 0 saturated carbocycles. The van der Waals surface area contributed by atoms with E-state index >= 15 is 0 Å². The van der Waals surface area contributed by atoms with Gasteiger partial charge in [-0.3, -0.25) is 4.72 Å². The lowest BCUT2D eigenvalue weighted by Crippen LogP contribution is -2.12. The van der Waals surface area contributed by atoms with Crippen LogP contribution in [-0.4, -0.2) is 29.0 Å². The van der Waals surface area contributed by atoms with Gasteiger partial charge in [-0.15, -0.1) is 0 Å². The number of carbonyl (C=O) groups is 1. The standard InChI is InChI=1S/C12H12ClN3O4S/c1-2-16-7-9(5-10(16)12(17)18)21(19,20)15-8-3-4-11(13)14-6-8/h3-7,15H,2H2,1H3,(H,17,18). The average Bonchev–Trinajstić information content (AvgIpc) is 2.86. The Morgan fingerprint density at radius 3 is 2.67 bits per heavy atom. The molecule has 0 amide bonds. The van der Waals surface area contributed by atoms with Crippen LogP contribution in [0.25, 0.3) is 0 Å². The topological polar surface area (TPSA) is 101 Å². The first-order valence-corrected chi connectivity index (χ1v) is 7.77. The molecule has 0 saturated heterocycles. The minimum atomic E-state index is -3.89. The highest BCUT2D eigenvalue weighted by Gasteiger charge is 2.21. The molecule has 0 aromatic carbocycles. The maximum Gasteiger partial charge on any atom is 0.352 e. The first-order valence-electron chi connectivity index (χ1n) is 5.91. The average molecular weight is 330 g/mol. The molecule has 0 aliphatic rings. The Morgan fingerprint density at radius 1 is 1.48 bits per heavy atom. The highest BCUT2D eigenvalue weighted by atomic mass is 35.5. The highest BCUT2D eigenvalue weighted by molar-refractivity contribution is 7.92. The van der Waals surface area contributed by atoms with Gasteiger partial charge in [0.2, 0.25) is 0 Å². The fourth-order valence-corrected chi connectivity index (χ4v) is 2.91. The quantitative estimate of drug-likeness (QED) is 0.817. The Balaban J connectivity index is 2.35. The number of aryl methyl sites for hydroxylation is 1. The summed E-state index contributed by atoms with van der Waals surface area (Å²) in [7, 11) is -3.89. The lowest BCUT2D eigenvalue weighted by Gasteiger charge is -2.05. The minimum absolute atomic E-state index is 0.0906. The number of carboxylic acids is 1. The predicted octanol–water partition coefficient (Wildman–Crippen LogP) is 2.06. The van der Waals surface area contributed by atoms with E-state index in [9.17, 15) is 13.2 Å². The van der Waals surface area contributed by atoms with Crippen molar-refractivity contribution in [3.05, 3.63) is 41.4 Å². The third-order valence-electron chi connectivity index (χ3n) is 2.72. The highest BCUT2D eigenvalue weighted by Crippen LogP contribution is 2.19. The number of pyridine rings is 1. The molecule has 2 N–H and O–H groups in total. The monoisotopic (exact) mass is 329 g/mol. The van der Waals surface area contributed by atoms with Crippen LogP contribution in [-0.2, 0) is 16.6 Å². The zero-order valence-electron chi connectivity index (χ0n) is 10.9. The predicted molar refractivity (Wildman–Crippen MR) is 77.1 cm³/mol. The molecule has 0 spiro atoms. The van der Waals surface area contributed by atoms with Crippen LogP contribution in [0, 0.1) is 0 Å². The SMILES string of the molecule is CCn1cc(S(=O)(=O)Nc2ccc(Cl)nc2)cc1C(=O)O. The van der Waals surface area contributed by atoms with Crippen LogP contribution in [0.3, 0.4) is 0 Å². The first-order chi connectivity index (χ1) is 9.83. The molecule has 0 radical (unpaired) electrons. The fourth-order valence-electron chi connectivity index (χ4n) is 1.72. The second kappa shape index (κ2) is 5.74. The Labute approximate surface area is 126 Å². The van der Waals surface area contributed by atoms with Crippen LogP contribution in [0.4, 0.5) is 5.69 Å². The van der Waals surface area contributed by atoms with Crippen molar-refractivity contribution in [2.24, 2.45) is 0 Å². The Bertz CT molecular complexity index is 768. The molecule has 2 aromatic heterocycles. The summed E-state index contributed by atoms with van der Waals surface area (Å²) < 4.78 is 28.1. The Hall–Kier alpha value is -2.06. The van der Waals surface area contributed by atoms with E-state index in [2.05, 4.69) is 9.71 Å². The number of anilines is 1. The smallest absolute Gasteiger partial charge is 0.352 e. The number of aromatic nitrogens is 2. The number of halogens is 1. The van der Waals surface area contributed by atoms with E-state index in [4.69, 9.17) is 16.7 Å². The van der Waals surface area contributed by atoms with Crippen LogP contribution >= 0.6 is 11.6 Å². The molecule has 2 heterocycles. The largest absolute Gasteiger partial charge is 0.477 e. The van der Waals surface area contributed by atoms with Gasteiger partial charge in [-0.2, -0.15) is 0 Å². The van der Waals surface area contributed by atoms with E-state index in [0.29, 0.717) is 6.54 Å². The Kier molecular flexibility index (Phi) is 4.19. The van der Waals surface area contributed by atoms with Crippen molar-refractivity contribution in [2.45, 2.75) is 18.4 Å². The second-order valence-electron chi connectivity index (χ2n) is 4.13. The van der Waals surface area contributed by atoms with Crippen molar-refractivity contribution in [2.75, 3.05) is 4.72 Å². The third-order valence-corrected chi connectivity index (χ3v) is 4.29. The van der Waals surface area contributed by atoms with Crippen molar-refractivity contribution in [1.29, 1.82) is 0 Å². The molecule has 7 nitrogen and oxygen atoms in total. The molecule has 0 aliphatic carbocycles. The summed E-state index contributed by atoms with van der Waals surface area (Å²) in [6.07, 6.45) is 2.55. The number of aromatic carboxylic acids is 1. The van der Waals surface area contributed by atoms with Crippen LogP contribution in [0.2, 0.25) is 5.15 Å². The number of nitrogens with one attached hydrogen (secondary N) is 1. The number of hydrogen-bond acceptors (Lipinski definition) is 4. The summed E-state index contributed by atoms with van der Waals surface area (Å²) in [5, 5.41) is 9.27. The lowest BCUT2D eigenvalue weighted by atomic mass is 10.4. The molecular formula is C12H12ClN3O4S. The van der Waals surface area contributed by atoms with Gasteiger partial charge in [0, 0.05) is 12.7 Å². The van der Waals surface area contributed by atoms with E-state index in [-0.39, 0.29) is 21.4 Å². The zero-order valence-corrected chi connectivity index (χ0v) is 12.5. The van der Waals surface area contributed by atoms with Crippen molar-refractivity contribution < 1.29 is 18.3 Å². The van der Waals surface area contributed by atoms with Crippen molar-refractivity contribution in [3.63, 3.8) is 0 Å². The summed E-state index contributed by atoms with van der Waals surface area (Å²) in [4.78, 5) is 14.7. The Morgan fingerprint density at radius 2 is 2.19 bits per heavy atom. The first kappa shape index (κ1) is 15.3. The van der Waals surface area contributed by atoms with Gasteiger partial charge >= 0.3 is 5.97 Å². The van der Waals surface area contributed by atoms with Crippen LogP contribution in [0.1, 0.15) is 17.4 Å². The van der Waals surface area contributed by atoms with Crippen LogP contribution in [0.15, 0.2) is 35.5 Å². The number of sulfonamides is 1. The molecule has 0 unspecified atom stereocenters. The number of carboxylic acid groups (broad SMARTS) is 1. The fraction of sp³-hybridized carbons (Fsp3) is 0.167. The molecule has 9 heteroatoms. The summed E-state index contributed by atoms with van der Waals surface area (Å²) in [5.41, 5.74) is 0.146. The van der Waals surface area contributed by atoms with Gasteiger partial charge in [0.25, 0.3) is 10.0 Å². The molecule has 21 heavy (non-hydrogen) atoms. The lowest BCUT2D eigenvalue weighted by molar-refractivity contribution is 0.0685. The van der Waals surface area contributed by atoms with Crippen molar-refractivity contribution >= 4 is 33.3 Å². The second-order valence-corrected chi connectivity index (χ2v) is 6.20. The zero-order chi connectivity index (χ0) is 15.6. The van der Waals surface area contributed by atoms with Gasteiger partial charge in [0.15, 0.2) is 0 Å². The summed E-state index contributed by atoms with van der Waals surface area (Å²) >= 11 is 5.62. The van der Waals surface area contributed by atoms with Gasteiger partial charge in [0.05, 0.1) is 11.9 Å². The molecule has 0 aliphatic heterocycles. The van der Waals surface area contributed by atoms with Crippen LogP contribution < -0.4 is 4.72 Å². The van der Waals surface area contributed by atoms with Gasteiger partial charge in [-0.05, 0) is 25.1 Å². The molecule has 0 atom stereocenters. The summed E-state index contributed by atoms with van der Waals surface area (Å²) in [5.74, 6) is -1.19. The van der Waals surface area contributed by atoms with E-state index in [1.165, 1.54) is 29.1 Å². The van der Waals surface area contributed by atoms with Crippen molar-refractivity contribution in [1.82, 2.24) is 9.55 Å². The van der Waals surface area contributed by atoms with E-state index < -0.39 is 16.0 Å². The van der Waals surface area contributed by atoms with Crippen molar-refractivity contribution in [3.8, 4) is 0 Å². The summed E-state index contributed by atoms with van der Waals surface area (Å²) in [6.45, 7) is 2.07. The molecule has 2 aromatic rings. The van der Waals surface area contributed by atoms with E-state index in [1.54, 1.807) is 6.92 Å². The molecule has 0 bridgehead atoms. The number of nitrogens with zero attached hydrogens (tertiary/aromatic N) is 2. The molecule has 112 valence electrons. The van der Waals surface area contributed by atoms with Gasteiger partial charge in [-0.1, -0.05) is 11.6 Å². The maximum absolute atomic E-state index is 12.2. The van der Waals surface area contributed by atoms with E-state index in [0.717, 1.165) is 6.07 Å². The number of rotatable bonds is 5. The van der Waals surface area contributed by atoms with Gasteiger partial charge in [0.1, 0.15) is 15.7 Å².